The zero-order valence-corrected chi connectivity index (χ0v) is 17.8. The van der Waals surface area contributed by atoms with E-state index in [0.29, 0.717) is 6.54 Å². The van der Waals surface area contributed by atoms with E-state index in [2.05, 4.69) is 11.9 Å². The Kier molecular flexibility index (Phi) is 5.83. The lowest BCUT2D eigenvalue weighted by Crippen LogP contribution is -2.51. The molecule has 0 bridgehead atoms. The second kappa shape index (κ2) is 8.36. The summed E-state index contributed by atoms with van der Waals surface area (Å²) in [5, 5.41) is 0.150. The van der Waals surface area contributed by atoms with Gasteiger partial charge in [0.05, 0.1) is 13.2 Å². The molecule has 154 valence electrons. The van der Waals surface area contributed by atoms with Crippen LogP contribution in [0.5, 0.6) is 5.75 Å². The van der Waals surface area contributed by atoms with Gasteiger partial charge < -0.3 is 14.5 Å². The molecule has 29 heavy (non-hydrogen) atoms. The zero-order chi connectivity index (χ0) is 20.4. The summed E-state index contributed by atoms with van der Waals surface area (Å²) in [6.07, 6.45) is 2.73. The Morgan fingerprint density at radius 3 is 2.31 bits per heavy atom. The number of rotatable bonds is 5. The highest BCUT2D eigenvalue weighted by atomic mass is 32.2. The molecular formula is C23H27FN2O2S. The lowest BCUT2D eigenvalue weighted by Gasteiger charge is -2.42. The van der Waals surface area contributed by atoms with E-state index in [-0.39, 0.29) is 21.8 Å². The second-order valence-corrected chi connectivity index (χ2v) is 9.42. The number of methoxy groups -OCH3 is 1. The number of piperidine rings is 1. The second-order valence-electron chi connectivity index (χ2n) is 8.06. The van der Waals surface area contributed by atoms with Crippen molar-refractivity contribution in [2.24, 2.45) is 0 Å². The molecule has 2 saturated heterocycles. The maximum Gasteiger partial charge on any atom is 0.282 e. The minimum atomic E-state index is -0.227. The highest BCUT2D eigenvalue weighted by Gasteiger charge is 2.53. The molecule has 1 atom stereocenters. The normalized spacial score (nSPS) is 21.7. The molecule has 0 aromatic heterocycles. The first-order chi connectivity index (χ1) is 14.0. The Morgan fingerprint density at radius 1 is 1.07 bits per heavy atom. The fraction of sp³-hybridized carbons (Fsp3) is 0.435. The molecular weight excluding hydrogens is 387 g/mol. The summed E-state index contributed by atoms with van der Waals surface area (Å²) in [7, 11) is 3.79. The predicted octanol–water partition coefficient (Wildman–Crippen LogP) is 4.58. The first-order valence-electron chi connectivity index (χ1n) is 10.0. The molecule has 6 heteroatoms. The summed E-state index contributed by atoms with van der Waals surface area (Å²) in [6, 6.07) is 14.7. The number of likely N-dealkylation sites (tertiary alicyclic amines) is 1. The molecule has 2 heterocycles. The Balaban J connectivity index is 1.61. The number of benzene rings is 2. The molecule has 2 aliphatic rings. The van der Waals surface area contributed by atoms with Crippen LogP contribution in [0.25, 0.3) is 0 Å². The van der Waals surface area contributed by atoms with Crippen LogP contribution in [-0.2, 0) is 13.0 Å². The monoisotopic (exact) mass is 414 g/mol. The van der Waals surface area contributed by atoms with Crippen LogP contribution < -0.4 is 4.74 Å². The maximum absolute atomic E-state index is 13.4. The fourth-order valence-electron chi connectivity index (χ4n) is 4.39. The van der Waals surface area contributed by atoms with Crippen molar-refractivity contribution in [2.75, 3.05) is 27.2 Å². The number of ether oxygens (including phenoxy) is 1. The third kappa shape index (κ3) is 4.28. The molecule has 1 amide bonds. The van der Waals surface area contributed by atoms with Crippen LogP contribution in [0.1, 0.15) is 24.0 Å². The molecule has 2 fully saturated rings. The minimum Gasteiger partial charge on any atom is -0.497 e. The van der Waals surface area contributed by atoms with Crippen LogP contribution in [0.3, 0.4) is 0 Å². The van der Waals surface area contributed by atoms with Crippen LogP contribution in [0.4, 0.5) is 9.18 Å². The number of hydrogen-bond acceptors (Lipinski definition) is 4. The van der Waals surface area contributed by atoms with Crippen molar-refractivity contribution < 1.29 is 13.9 Å². The van der Waals surface area contributed by atoms with Crippen molar-refractivity contribution in [1.82, 2.24) is 9.80 Å². The van der Waals surface area contributed by atoms with E-state index in [1.807, 2.05) is 41.3 Å². The van der Waals surface area contributed by atoms with E-state index in [9.17, 15) is 9.18 Å². The number of amides is 1. The van der Waals surface area contributed by atoms with Gasteiger partial charge in [-0.1, -0.05) is 36.0 Å². The lowest BCUT2D eigenvalue weighted by molar-refractivity contribution is 0.149. The first kappa shape index (κ1) is 20.2. The third-order valence-electron chi connectivity index (χ3n) is 6.20. The van der Waals surface area contributed by atoms with Gasteiger partial charge in [0.15, 0.2) is 0 Å². The molecule has 2 aromatic carbocycles. The van der Waals surface area contributed by atoms with Crippen molar-refractivity contribution in [2.45, 2.75) is 36.6 Å². The highest BCUT2D eigenvalue weighted by molar-refractivity contribution is 8.15. The Hall–Kier alpha value is -2.05. The molecule has 0 radical (unpaired) electrons. The number of thioether (sulfide) groups is 1. The van der Waals surface area contributed by atoms with Gasteiger partial charge >= 0.3 is 0 Å². The van der Waals surface area contributed by atoms with E-state index >= 15 is 0 Å². The molecule has 4 nitrogen and oxygen atoms in total. The SMILES string of the molecule is COc1ccc(CN2C(=O)SC3(CCN(C)CC3)C2Cc2ccc(F)cc2)cc1. The third-order valence-corrected chi connectivity index (χ3v) is 7.69. The van der Waals surface area contributed by atoms with Gasteiger partial charge in [-0.25, -0.2) is 4.39 Å². The van der Waals surface area contributed by atoms with Crippen molar-refractivity contribution in [3.8, 4) is 5.75 Å². The van der Waals surface area contributed by atoms with Gasteiger partial charge in [-0.15, -0.1) is 0 Å². The lowest BCUT2D eigenvalue weighted by atomic mass is 9.84. The molecule has 0 saturated carbocycles. The van der Waals surface area contributed by atoms with Crippen LogP contribution in [0.15, 0.2) is 48.5 Å². The standard InChI is InChI=1S/C23H27FN2O2S/c1-25-13-11-23(12-14-25)21(15-17-3-7-19(24)8-4-17)26(22(27)29-23)16-18-5-9-20(28-2)10-6-18/h3-10,21H,11-16H2,1-2H3. The Labute approximate surface area is 176 Å². The molecule has 0 aliphatic carbocycles. The van der Waals surface area contributed by atoms with Gasteiger partial charge in [0.2, 0.25) is 0 Å². The minimum absolute atomic E-state index is 0.0789. The summed E-state index contributed by atoms with van der Waals surface area (Å²) in [6.45, 7) is 2.58. The number of carbonyl (C=O) groups is 1. The van der Waals surface area contributed by atoms with E-state index in [4.69, 9.17) is 4.74 Å². The predicted molar refractivity (Wildman–Crippen MR) is 115 cm³/mol. The molecule has 2 aromatic rings. The zero-order valence-electron chi connectivity index (χ0n) is 16.9. The summed E-state index contributed by atoms with van der Waals surface area (Å²) in [4.78, 5) is 17.5. The number of hydrogen-bond donors (Lipinski definition) is 0. The summed E-state index contributed by atoms with van der Waals surface area (Å²) < 4.78 is 18.6. The van der Waals surface area contributed by atoms with E-state index in [1.165, 1.54) is 23.9 Å². The van der Waals surface area contributed by atoms with Gasteiger partial charge in [0, 0.05) is 11.3 Å². The van der Waals surface area contributed by atoms with Crippen molar-refractivity contribution in [3.05, 3.63) is 65.5 Å². The summed E-state index contributed by atoms with van der Waals surface area (Å²) >= 11 is 1.52. The van der Waals surface area contributed by atoms with Gasteiger partial charge in [-0.05, 0) is 74.8 Å². The molecule has 1 unspecified atom stereocenters. The van der Waals surface area contributed by atoms with E-state index < -0.39 is 0 Å². The first-order valence-corrected chi connectivity index (χ1v) is 10.9. The fourth-order valence-corrected chi connectivity index (χ4v) is 5.78. The molecule has 2 aliphatic heterocycles. The van der Waals surface area contributed by atoms with Crippen LogP contribution >= 0.6 is 11.8 Å². The van der Waals surface area contributed by atoms with Gasteiger partial charge in [-0.3, -0.25) is 4.79 Å². The van der Waals surface area contributed by atoms with Gasteiger partial charge in [0.1, 0.15) is 11.6 Å². The highest BCUT2D eigenvalue weighted by Crippen LogP contribution is 2.49. The number of halogens is 1. The van der Waals surface area contributed by atoms with Crippen molar-refractivity contribution in [1.29, 1.82) is 0 Å². The summed E-state index contributed by atoms with van der Waals surface area (Å²) in [5.74, 6) is 0.584. The van der Waals surface area contributed by atoms with Crippen LogP contribution in [0.2, 0.25) is 0 Å². The largest absolute Gasteiger partial charge is 0.497 e. The average molecular weight is 415 g/mol. The van der Waals surface area contributed by atoms with Crippen molar-refractivity contribution >= 4 is 17.0 Å². The molecule has 1 spiro atoms. The molecule has 4 rings (SSSR count). The molecule has 0 N–H and O–H groups in total. The number of nitrogens with zero attached hydrogens (tertiary/aromatic N) is 2. The smallest absolute Gasteiger partial charge is 0.282 e. The van der Waals surface area contributed by atoms with Crippen LogP contribution in [-0.4, -0.2) is 53.1 Å². The quantitative estimate of drug-likeness (QED) is 0.717. The Bertz CT molecular complexity index is 848. The van der Waals surface area contributed by atoms with Gasteiger partial charge in [0.25, 0.3) is 5.24 Å². The summed E-state index contributed by atoms with van der Waals surface area (Å²) in [5.41, 5.74) is 2.17. The Morgan fingerprint density at radius 2 is 1.69 bits per heavy atom. The van der Waals surface area contributed by atoms with Crippen LogP contribution in [0, 0.1) is 5.82 Å². The average Bonchev–Trinajstić information content (AvgIpc) is 2.97. The van der Waals surface area contributed by atoms with Crippen molar-refractivity contribution in [3.63, 3.8) is 0 Å². The van der Waals surface area contributed by atoms with E-state index in [1.54, 1.807) is 7.11 Å². The topological polar surface area (TPSA) is 32.8 Å². The maximum atomic E-state index is 13.4. The van der Waals surface area contributed by atoms with Gasteiger partial charge in [-0.2, -0.15) is 0 Å². The number of carbonyl (C=O) groups excluding carboxylic acids is 1. The van der Waals surface area contributed by atoms with E-state index in [0.717, 1.165) is 49.2 Å².